The summed E-state index contributed by atoms with van der Waals surface area (Å²) in [5.74, 6) is 0.731. The minimum absolute atomic E-state index is 0.176. The first kappa shape index (κ1) is 27.0. The van der Waals surface area contributed by atoms with E-state index in [1.54, 1.807) is 37.4 Å². The van der Waals surface area contributed by atoms with E-state index in [-0.39, 0.29) is 16.6 Å². The maximum atomic E-state index is 13.0. The molecule has 2 aromatic carbocycles. The van der Waals surface area contributed by atoms with Crippen LogP contribution in [-0.2, 0) is 20.7 Å². The SMILES string of the molecule is COC[C@H](C)Oc1cc(Oc2ccc(S(C)(=O)=O)cc2)cc(C(=O)Nc2nc(CP(C)O)cs2)c1. The van der Waals surface area contributed by atoms with Crippen molar-refractivity contribution in [3.8, 4) is 17.2 Å². The van der Waals surface area contributed by atoms with Gasteiger partial charge in [-0.25, -0.2) is 13.4 Å². The summed E-state index contributed by atoms with van der Waals surface area (Å²) in [6, 6.07) is 10.8. The van der Waals surface area contributed by atoms with Gasteiger partial charge in [0.05, 0.1) is 17.2 Å². The molecule has 1 heterocycles. The van der Waals surface area contributed by atoms with E-state index < -0.39 is 23.9 Å². The van der Waals surface area contributed by atoms with Crippen LogP contribution in [0.2, 0.25) is 0 Å². The summed E-state index contributed by atoms with van der Waals surface area (Å²) in [5.41, 5.74) is 1.000. The molecule has 0 aliphatic rings. The van der Waals surface area contributed by atoms with E-state index in [1.165, 1.54) is 35.6 Å². The summed E-state index contributed by atoms with van der Waals surface area (Å²) in [4.78, 5) is 27.1. The number of hydrogen-bond donors (Lipinski definition) is 2. The first-order valence-electron chi connectivity index (χ1n) is 10.5. The van der Waals surface area contributed by atoms with Gasteiger partial charge in [0.1, 0.15) is 23.4 Å². The van der Waals surface area contributed by atoms with Crippen LogP contribution in [0.25, 0.3) is 0 Å². The quantitative estimate of drug-likeness (QED) is 0.342. The Balaban J connectivity index is 1.85. The molecular formula is C23H27N2O7PS2. The number of amides is 1. The van der Waals surface area contributed by atoms with E-state index >= 15 is 0 Å². The molecule has 2 N–H and O–H groups in total. The Morgan fingerprint density at radius 3 is 2.49 bits per heavy atom. The first-order chi connectivity index (χ1) is 16.5. The average molecular weight is 539 g/mol. The van der Waals surface area contributed by atoms with Crippen LogP contribution in [0.4, 0.5) is 5.13 Å². The van der Waals surface area contributed by atoms with Crippen molar-refractivity contribution in [1.82, 2.24) is 4.98 Å². The number of carbonyl (C=O) groups excluding carboxylic acids is 1. The molecule has 1 unspecified atom stereocenters. The third-order valence-electron chi connectivity index (χ3n) is 4.53. The summed E-state index contributed by atoms with van der Waals surface area (Å²) in [5, 5.41) is 4.98. The lowest BCUT2D eigenvalue weighted by molar-refractivity contribution is 0.0916. The number of benzene rings is 2. The lowest BCUT2D eigenvalue weighted by Crippen LogP contribution is -2.18. The maximum absolute atomic E-state index is 13.0. The van der Waals surface area contributed by atoms with Gasteiger partial charge in [0, 0.05) is 44.7 Å². The first-order valence-corrected chi connectivity index (χ1v) is 15.2. The van der Waals surface area contributed by atoms with Crippen molar-refractivity contribution in [1.29, 1.82) is 0 Å². The van der Waals surface area contributed by atoms with Crippen LogP contribution in [0, 0.1) is 0 Å². The highest BCUT2D eigenvalue weighted by molar-refractivity contribution is 7.90. The second-order valence-corrected chi connectivity index (χ2v) is 12.3. The van der Waals surface area contributed by atoms with Crippen molar-refractivity contribution < 1.29 is 32.3 Å². The van der Waals surface area contributed by atoms with Gasteiger partial charge in [0.15, 0.2) is 15.0 Å². The van der Waals surface area contributed by atoms with Crippen molar-refractivity contribution in [3.63, 3.8) is 0 Å². The van der Waals surface area contributed by atoms with Crippen LogP contribution >= 0.6 is 19.5 Å². The molecule has 0 radical (unpaired) electrons. The molecular weight excluding hydrogens is 511 g/mol. The minimum Gasteiger partial charge on any atom is -0.488 e. The molecule has 2 atom stereocenters. The molecule has 0 fully saturated rings. The Morgan fingerprint density at radius 2 is 1.86 bits per heavy atom. The van der Waals surface area contributed by atoms with E-state index in [1.807, 2.05) is 6.92 Å². The van der Waals surface area contributed by atoms with Gasteiger partial charge in [-0.1, -0.05) is 0 Å². The molecule has 9 nitrogen and oxygen atoms in total. The van der Waals surface area contributed by atoms with Gasteiger partial charge >= 0.3 is 0 Å². The molecule has 0 bridgehead atoms. The lowest BCUT2D eigenvalue weighted by Gasteiger charge is -2.16. The molecule has 12 heteroatoms. The summed E-state index contributed by atoms with van der Waals surface area (Å²) in [7, 11) is -2.89. The summed E-state index contributed by atoms with van der Waals surface area (Å²) >= 11 is 1.27. The number of anilines is 1. The Kier molecular flexibility index (Phi) is 9.21. The second kappa shape index (κ2) is 11.9. The van der Waals surface area contributed by atoms with Gasteiger partial charge in [-0.05, 0) is 50.0 Å². The summed E-state index contributed by atoms with van der Waals surface area (Å²) in [6.45, 7) is 3.92. The van der Waals surface area contributed by atoms with Crippen LogP contribution in [0.15, 0.2) is 52.7 Å². The van der Waals surface area contributed by atoms with Crippen LogP contribution in [0.3, 0.4) is 0 Å². The summed E-state index contributed by atoms with van der Waals surface area (Å²) in [6.07, 6.45) is 1.31. The molecule has 0 spiro atoms. The summed E-state index contributed by atoms with van der Waals surface area (Å²) < 4.78 is 40.3. The van der Waals surface area contributed by atoms with Gasteiger partial charge < -0.3 is 19.1 Å². The third-order valence-corrected chi connectivity index (χ3v) is 7.25. The molecule has 0 aliphatic heterocycles. The van der Waals surface area contributed by atoms with Crippen molar-refractivity contribution in [2.24, 2.45) is 0 Å². The van der Waals surface area contributed by atoms with E-state index in [0.29, 0.717) is 40.8 Å². The number of carbonyl (C=O) groups is 1. The Bertz CT molecular complexity index is 1260. The number of nitrogens with zero attached hydrogens (tertiary/aromatic N) is 1. The van der Waals surface area contributed by atoms with Crippen LogP contribution in [-0.4, -0.2) is 56.9 Å². The van der Waals surface area contributed by atoms with Crippen LogP contribution in [0.5, 0.6) is 17.2 Å². The zero-order valence-corrected chi connectivity index (χ0v) is 22.2. The van der Waals surface area contributed by atoms with Crippen molar-refractivity contribution >= 4 is 40.4 Å². The predicted octanol–water partition coefficient (Wildman–Crippen LogP) is 4.52. The Hall–Kier alpha value is -2.56. The van der Waals surface area contributed by atoms with Gasteiger partial charge in [-0.3, -0.25) is 10.1 Å². The topological polar surface area (TPSA) is 124 Å². The fraction of sp³-hybridized carbons (Fsp3) is 0.304. The normalized spacial score (nSPS) is 13.2. The highest BCUT2D eigenvalue weighted by atomic mass is 32.2. The Labute approximate surface area is 209 Å². The van der Waals surface area contributed by atoms with E-state index in [9.17, 15) is 18.1 Å². The average Bonchev–Trinajstić information content (AvgIpc) is 3.19. The van der Waals surface area contributed by atoms with Crippen molar-refractivity contribution in [3.05, 3.63) is 59.1 Å². The second-order valence-electron chi connectivity index (χ2n) is 7.84. The molecule has 1 aromatic heterocycles. The smallest absolute Gasteiger partial charge is 0.257 e. The highest BCUT2D eigenvalue weighted by Crippen LogP contribution is 2.32. The highest BCUT2D eigenvalue weighted by Gasteiger charge is 2.15. The maximum Gasteiger partial charge on any atom is 0.257 e. The zero-order valence-electron chi connectivity index (χ0n) is 19.7. The number of rotatable bonds is 11. The molecule has 188 valence electrons. The predicted molar refractivity (Wildman–Crippen MR) is 137 cm³/mol. The number of methoxy groups -OCH3 is 1. The van der Waals surface area contributed by atoms with E-state index in [0.717, 1.165) is 6.26 Å². The number of hydrogen-bond acceptors (Lipinski definition) is 9. The molecule has 3 aromatic rings. The minimum atomic E-state index is -3.33. The van der Waals surface area contributed by atoms with Gasteiger partial charge in [-0.2, -0.15) is 0 Å². The standard InChI is InChI=1S/C23H27N2O7PS2/c1-15(12-30-2)31-19-9-16(22(26)25-23-24-17(14-34-23)13-33(3)27)10-20(11-19)32-18-5-7-21(8-6-18)35(4,28)29/h5-11,14-15,27H,12-13H2,1-4H3,(H,24,25,26)/t15-,33?/m0/s1. The molecule has 0 saturated carbocycles. The van der Waals surface area contributed by atoms with E-state index in [2.05, 4.69) is 10.3 Å². The number of nitrogens with one attached hydrogen (secondary N) is 1. The van der Waals surface area contributed by atoms with E-state index in [4.69, 9.17) is 14.2 Å². The molecule has 0 saturated heterocycles. The number of thiazole rings is 1. The fourth-order valence-electron chi connectivity index (χ4n) is 3.06. The van der Waals surface area contributed by atoms with Gasteiger partial charge in [0.2, 0.25) is 0 Å². The fourth-order valence-corrected chi connectivity index (χ4v) is 5.15. The van der Waals surface area contributed by atoms with Crippen LogP contribution in [0.1, 0.15) is 23.0 Å². The molecule has 1 amide bonds. The lowest BCUT2D eigenvalue weighted by atomic mass is 10.2. The Morgan fingerprint density at radius 1 is 1.17 bits per heavy atom. The number of ether oxygens (including phenoxy) is 3. The van der Waals surface area contributed by atoms with Crippen molar-refractivity contribution in [2.45, 2.75) is 24.1 Å². The zero-order chi connectivity index (χ0) is 25.6. The van der Waals surface area contributed by atoms with Crippen molar-refractivity contribution in [2.75, 3.05) is 32.0 Å². The van der Waals surface area contributed by atoms with Gasteiger partial charge in [-0.15, -0.1) is 11.3 Å². The molecule has 35 heavy (non-hydrogen) atoms. The molecule has 3 rings (SSSR count). The number of sulfone groups is 1. The van der Waals surface area contributed by atoms with Gasteiger partial charge in [0.25, 0.3) is 5.91 Å². The monoisotopic (exact) mass is 538 g/mol. The largest absolute Gasteiger partial charge is 0.488 e. The van der Waals surface area contributed by atoms with Crippen LogP contribution < -0.4 is 14.8 Å². The third kappa shape index (κ3) is 8.26. The number of aromatic nitrogens is 1. The molecule has 0 aliphatic carbocycles.